The molecular weight excluding hydrogens is 576 g/mol. The lowest BCUT2D eigenvalue weighted by molar-refractivity contribution is -0.162. The molecule has 4 heterocycles. The van der Waals surface area contributed by atoms with Gasteiger partial charge in [0.05, 0.1) is 29.4 Å². The number of rotatable bonds is 7. The first-order valence-electron chi connectivity index (χ1n) is 14.0. The first-order valence-corrected chi connectivity index (χ1v) is 12.5. The third-order valence-corrected chi connectivity index (χ3v) is 7.02. The Hall–Kier alpha value is -4.31. The molecule has 0 radical (unpaired) electrons. The van der Waals surface area contributed by atoms with Crippen LogP contribution >= 0.6 is 0 Å². The topological polar surface area (TPSA) is 137 Å². The van der Waals surface area contributed by atoms with Crippen molar-refractivity contribution < 1.29 is 49.5 Å². The molecule has 0 spiro atoms. The van der Waals surface area contributed by atoms with Gasteiger partial charge in [-0.25, -0.2) is 32.4 Å². The van der Waals surface area contributed by atoms with Crippen LogP contribution in [0.1, 0.15) is 32.9 Å². The minimum atomic E-state index is -4.80. The second-order valence-electron chi connectivity index (χ2n) is 10.1. The summed E-state index contributed by atoms with van der Waals surface area (Å²) in [5, 5.41) is 6.48. The molecule has 2 aliphatic rings. The van der Waals surface area contributed by atoms with E-state index in [2.05, 4.69) is 25.1 Å². The minimum absolute atomic E-state index is 0.0548. The summed E-state index contributed by atoms with van der Waals surface area (Å²) >= 11 is 0. The van der Waals surface area contributed by atoms with Crippen LogP contribution in [0.4, 0.5) is 37.0 Å². The number of pyridine rings is 1. The standard InChI is InChI=1S/C25H25F6N7O4/c1-41-22-15(21(39)36-17-9-37(8-16(17)26)23(40)42-10-25(29,30)31)3-14(7-33-22)18-4-13(2-12-5-24(27,28)6-12)19-20(32)34-11-35-38(18)19/h3-4,7,11-12,16-17H,2,5-6,8-10H2,1H3,(H,36,39)(H2,32,34,35)/t16-,17+/m0/s1/i1D3. The van der Waals surface area contributed by atoms with Gasteiger partial charge in [0.1, 0.15) is 23.6 Å². The Morgan fingerprint density at radius 1 is 1.24 bits per heavy atom. The smallest absolute Gasteiger partial charge is 0.422 e. The Kier molecular flexibility index (Phi) is 6.55. The van der Waals surface area contributed by atoms with Crippen LogP contribution in [0.15, 0.2) is 24.7 Å². The number of aromatic nitrogens is 4. The van der Waals surface area contributed by atoms with Crippen molar-refractivity contribution in [3.63, 3.8) is 0 Å². The van der Waals surface area contributed by atoms with Crippen molar-refractivity contribution in [3.05, 3.63) is 35.8 Å². The predicted octanol–water partition coefficient (Wildman–Crippen LogP) is 3.42. The quantitative estimate of drug-likeness (QED) is 0.392. The monoisotopic (exact) mass is 604 g/mol. The summed E-state index contributed by atoms with van der Waals surface area (Å²) in [6.45, 7) is -3.11. The van der Waals surface area contributed by atoms with Gasteiger partial charge in [0.25, 0.3) is 5.91 Å². The summed E-state index contributed by atoms with van der Waals surface area (Å²) in [6, 6.07) is 1.37. The molecule has 1 aliphatic heterocycles. The van der Waals surface area contributed by atoms with Gasteiger partial charge in [0.2, 0.25) is 11.8 Å². The molecule has 17 heteroatoms. The third kappa shape index (κ3) is 5.99. The summed E-state index contributed by atoms with van der Waals surface area (Å²) in [6.07, 6.45) is -6.23. The number of amides is 2. The van der Waals surface area contributed by atoms with E-state index in [1.807, 2.05) is 0 Å². The number of nitrogens with two attached hydrogens (primary N) is 1. The summed E-state index contributed by atoms with van der Waals surface area (Å²) in [5.74, 6) is -4.77. The fourth-order valence-corrected chi connectivity index (χ4v) is 5.11. The molecule has 1 aliphatic carbocycles. The van der Waals surface area contributed by atoms with Crippen LogP contribution in [-0.2, 0) is 11.2 Å². The lowest BCUT2D eigenvalue weighted by Gasteiger charge is -2.34. The van der Waals surface area contributed by atoms with Crippen molar-refractivity contribution in [3.8, 4) is 17.1 Å². The van der Waals surface area contributed by atoms with Gasteiger partial charge in [-0.2, -0.15) is 18.3 Å². The summed E-state index contributed by atoms with van der Waals surface area (Å²) in [5.41, 5.74) is 6.94. The van der Waals surface area contributed by atoms with Crippen LogP contribution in [0.3, 0.4) is 0 Å². The Morgan fingerprint density at radius 3 is 2.69 bits per heavy atom. The van der Waals surface area contributed by atoms with Gasteiger partial charge in [-0.05, 0) is 30.0 Å². The van der Waals surface area contributed by atoms with E-state index in [-0.39, 0.29) is 42.3 Å². The normalized spacial score (nSPS) is 21.8. The highest BCUT2D eigenvalue weighted by Gasteiger charge is 2.45. The number of likely N-dealkylation sites (tertiary alicyclic amines) is 1. The highest BCUT2D eigenvalue weighted by atomic mass is 19.4. The van der Waals surface area contributed by atoms with Gasteiger partial charge >= 0.3 is 12.3 Å². The minimum Gasteiger partial charge on any atom is -0.480 e. The SMILES string of the molecule is [2H]C([2H])([2H])Oc1ncc(-c2cc(CC3CC(F)(F)C3)c3c(N)ncnn23)cc1C(=O)N[C@@H]1CN(C(=O)OCC(F)(F)F)C[C@@H]1F. The number of halogens is 6. The van der Waals surface area contributed by atoms with Crippen molar-refractivity contribution in [2.45, 2.75) is 43.6 Å². The zero-order chi connectivity index (χ0) is 32.9. The number of nitrogen functional groups attached to an aromatic ring is 1. The van der Waals surface area contributed by atoms with Crippen LogP contribution in [0.5, 0.6) is 5.88 Å². The van der Waals surface area contributed by atoms with Crippen molar-refractivity contribution in [1.29, 1.82) is 0 Å². The van der Waals surface area contributed by atoms with Crippen molar-refractivity contribution in [2.24, 2.45) is 5.92 Å². The van der Waals surface area contributed by atoms with Crippen molar-refractivity contribution >= 4 is 23.3 Å². The van der Waals surface area contributed by atoms with E-state index in [0.29, 0.717) is 16.0 Å². The first-order chi connectivity index (χ1) is 20.9. The van der Waals surface area contributed by atoms with Crippen LogP contribution < -0.4 is 15.8 Å². The maximum Gasteiger partial charge on any atom is 0.422 e. The van der Waals surface area contributed by atoms with E-state index in [9.17, 15) is 35.9 Å². The lowest BCUT2D eigenvalue weighted by atomic mass is 9.77. The van der Waals surface area contributed by atoms with Gasteiger partial charge in [-0.3, -0.25) is 4.79 Å². The number of hydrogen-bond acceptors (Lipinski definition) is 8. The summed E-state index contributed by atoms with van der Waals surface area (Å²) in [4.78, 5) is 33.9. The van der Waals surface area contributed by atoms with Gasteiger partial charge in [-0.1, -0.05) is 0 Å². The molecule has 3 aromatic rings. The lowest BCUT2D eigenvalue weighted by Crippen LogP contribution is -2.42. The Bertz CT molecular complexity index is 1610. The van der Waals surface area contributed by atoms with E-state index in [4.69, 9.17) is 14.6 Å². The predicted molar refractivity (Wildman–Crippen MR) is 134 cm³/mol. The van der Waals surface area contributed by atoms with Crippen molar-refractivity contribution in [1.82, 2.24) is 29.8 Å². The van der Waals surface area contributed by atoms with E-state index in [1.54, 1.807) is 6.07 Å². The zero-order valence-corrected chi connectivity index (χ0v) is 21.5. The number of carbonyl (C=O) groups excluding carboxylic acids is 2. The molecule has 226 valence electrons. The van der Waals surface area contributed by atoms with Crippen molar-refractivity contribution in [2.75, 3.05) is 32.5 Å². The number of fused-ring (bicyclic) bond motifs is 1. The molecule has 0 bridgehead atoms. The molecule has 3 aromatic heterocycles. The largest absolute Gasteiger partial charge is 0.480 e. The first kappa shape index (κ1) is 25.4. The summed E-state index contributed by atoms with van der Waals surface area (Å²) in [7, 11) is -3.06. The van der Waals surface area contributed by atoms with E-state index < -0.39 is 74.5 Å². The average Bonchev–Trinajstić information content (AvgIpc) is 3.46. The Morgan fingerprint density at radius 2 is 2.00 bits per heavy atom. The number of ether oxygens (including phenoxy) is 2. The number of carbonyl (C=O) groups is 2. The Labute approximate surface area is 238 Å². The number of anilines is 1. The van der Waals surface area contributed by atoms with Crippen LogP contribution in [0.2, 0.25) is 0 Å². The van der Waals surface area contributed by atoms with Crippen LogP contribution in [0, 0.1) is 5.92 Å². The molecule has 5 rings (SSSR count). The number of nitrogens with zero attached hydrogens (tertiary/aromatic N) is 5. The molecule has 1 saturated heterocycles. The fraction of sp³-hybridized carbons (Fsp3) is 0.480. The molecule has 2 amide bonds. The second-order valence-corrected chi connectivity index (χ2v) is 10.1. The van der Waals surface area contributed by atoms with E-state index >= 15 is 0 Å². The maximum atomic E-state index is 14.8. The molecule has 1 saturated carbocycles. The molecule has 2 fully saturated rings. The van der Waals surface area contributed by atoms with Crippen LogP contribution in [-0.4, -0.2) is 87.5 Å². The van der Waals surface area contributed by atoms with Crippen LogP contribution in [0.25, 0.3) is 16.8 Å². The highest BCUT2D eigenvalue weighted by Crippen LogP contribution is 2.45. The van der Waals surface area contributed by atoms with Gasteiger partial charge < -0.3 is 25.4 Å². The van der Waals surface area contributed by atoms with E-state index in [0.717, 1.165) is 6.33 Å². The maximum absolute atomic E-state index is 14.8. The molecular formula is C25H25F6N7O4. The number of alkyl halides is 6. The number of nitrogens with one attached hydrogen (secondary N) is 1. The molecule has 3 N–H and O–H groups in total. The number of methoxy groups -OCH3 is 1. The zero-order valence-electron chi connectivity index (χ0n) is 24.5. The fourth-order valence-electron chi connectivity index (χ4n) is 5.11. The second kappa shape index (κ2) is 10.8. The van der Waals surface area contributed by atoms with E-state index in [1.165, 1.54) is 16.8 Å². The Balaban J connectivity index is 1.43. The third-order valence-electron chi connectivity index (χ3n) is 7.02. The summed E-state index contributed by atoms with van der Waals surface area (Å²) < 4.78 is 112. The molecule has 2 atom stereocenters. The van der Waals surface area contributed by atoms with Gasteiger partial charge in [0.15, 0.2) is 12.4 Å². The average molecular weight is 605 g/mol. The molecule has 11 nitrogen and oxygen atoms in total. The van der Waals surface area contributed by atoms with Gasteiger partial charge in [-0.15, -0.1) is 0 Å². The molecule has 0 aromatic carbocycles. The molecule has 0 unspecified atom stereocenters. The molecule has 42 heavy (non-hydrogen) atoms. The van der Waals surface area contributed by atoms with Gasteiger partial charge in [0, 0.05) is 31.1 Å². The highest BCUT2D eigenvalue weighted by molar-refractivity contribution is 5.98. The number of hydrogen-bond donors (Lipinski definition) is 2.